The number of benzene rings is 2. The van der Waals surface area contributed by atoms with Crippen LogP contribution in [0, 0.1) is 23.2 Å². The SMILES string of the molecule is C[C@H]1C[C@H](C)CN(c2oc(-c3ccc(S(=O)(=O)N(C)Cc4ccccc4)cc3)nc2C#N)C1. The van der Waals surface area contributed by atoms with Gasteiger partial charge in [-0.05, 0) is 48.1 Å². The van der Waals surface area contributed by atoms with Gasteiger partial charge in [0.05, 0.1) is 4.90 Å². The lowest BCUT2D eigenvalue weighted by Gasteiger charge is -2.34. The van der Waals surface area contributed by atoms with E-state index in [4.69, 9.17) is 4.42 Å². The fourth-order valence-electron chi connectivity index (χ4n) is 4.43. The highest BCUT2D eigenvalue weighted by Crippen LogP contribution is 2.33. The van der Waals surface area contributed by atoms with Gasteiger partial charge in [-0.1, -0.05) is 44.2 Å². The van der Waals surface area contributed by atoms with E-state index in [2.05, 4.69) is 29.8 Å². The molecule has 4 rings (SSSR count). The van der Waals surface area contributed by atoms with Gasteiger partial charge in [-0.2, -0.15) is 14.6 Å². The molecule has 172 valence electrons. The molecule has 0 unspecified atom stereocenters. The van der Waals surface area contributed by atoms with E-state index in [9.17, 15) is 13.7 Å². The number of sulfonamides is 1. The van der Waals surface area contributed by atoms with Crippen molar-refractivity contribution in [3.8, 4) is 17.5 Å². The topological polar surface area (TPSA) is 90.4 Å². The molecule has 0 aliphatic carbocycles. The fraction of sp³-hybridized carbons (Fsp3) is 0.360. The van der Waals surface area contributed by atoms with Crippen LogP contribution in [0.5, 0.6) is 0 Å². The Balaban J connectivity index is 1.56. The number of oxazole rings is 1. The second-order valence-electron chi connectivity index (χ2n) is 8.91. The van der Waals surface area contributed by atoms with Crippen LogP contribution >= 0.6 is 0 Å². The van der Waals surface area contributed by atoms with Crippen LogP contribution in [0.2, 0.25) is 0 Å². The van der Waals surface area contributed by atoms with Crippen LogP contribution < -0.4 is 4.90 Å². The zero-order valence-corrected chi connectivity index (χ0v) is 19.9. The number of rotatable bonds is 6. The van der Waals surface area contributed by atoms with E-state index >= 15 is 0 Å². The molecule has 1 saturated heterocycles. The lowest BCUT2D eigenvalue weighted by molar-refractivity contribution is 0.344. The summed E-state index contributed by atoms with van der Waals surface area (Å²) in [5, 5.41) is 9.59. The molecule has 0 N–H and O–H groups in total. The van der Waals surface area contributed by atoms with Crippen molar-refractivity contribution in [2.24, 2.45) is 11.8 Å². The molecule has 1 aromatic heterocycles. The lowest BCUT2D eigenvalue weighted by Crippen LogP contribution is -2.38. The van der Waals surface area contributed by atoms with Gasteiger partial charge in [0.2, 0.25) is 27.5 Å². The zero-order chi connectivity index (χ0) is 23.6. The molecule has 1 fully saturated rings. The van der Waals surface area contributed by atoms with Crippen molar-refractivity contribution in [3.63, 3.8) is 0 Å². The lowest BCUT2D eigenvalue weighted by atomic mass is 9.92. The van der Waals surface area contributed by atoms with Crippen LogP contribution in [0.1, 0.15) is 31.5 Å². The first-order chi connectivity index (χ1) is 15.8. The third-order valence-electron chi connectivity index (χ3n) is 5.93. The maximum absolute atomic E-state index is 13.0. The highest BCUT2D eigenvalue weighted by molar-refractivity contribution is 7.89. The average Bonchev–Trinajstić information content (AvgIpc) is 3.24. The summed E-state index contributed by atoms with van der Waals surface area (Å²) in [4.78, 5) is 6.66. The van der Waals surface area contributed by atoms with Crippen molar-refractivity contribution in [1.82, 2.24) is 9.29 Å². The Morgan fingerprint density at radius 2 is 1.73 bits per heavy atom. The number of hydrogen-bond donors (Lipinski definition) is 0. The van der Waals surface area contributed by atoms with E-state index in [1.807, 2.05) is 30.3 Å². The summed E-state index contributed by atoms with van der Waals surface area (Å²) in [6.07, 6.45) is 1.15. The van der Waals surface area contributed by atoms with E-state index < -0.39 is 10.0 Å². The summed E-state index contributed by atoms with van der Waals surface area (Å²) >= 11 is 0. The van der Waals surface area contributed by atoms with Crippen LogP contribution in [-0.4, -0.2) is 37.8 Å². The highest BCUT2D eigenvalue weighted by Gasteiger charge is 2.28. The van der Waals surface area contributed by atoms with Crippen molar-refractivity contribution in [2.75, 3.05) is 25.0 Å². The molecule has 0 saturated carbocycles. The molecule has 2 aromatic carbocycles. The Morgan fingerprint density at radius 3 is 2.33 bits per heavy atom. The number of piperidine rings is 1. The Morgan fingerprint density at radius 1 is 1.09 bits per heavy atom. The van der Waals surface area contributed by atoms with Gasteiger partial charge in [-0.15, -0.1) is 0 Å². The quantitative estimate of drug-likeness (QED) is 0.533. The Bertz CT molecular complexity index is 1240. The zero-order valence-electron chi connectivity index (χ0n) is 19.1. The van der Waals surface area contributed by atoms with Crippen LogP contribution in [0.25, 0.3) is 11.5 Å². The van der Waals surface area contributed by atoms with E-state index in [0.717, 1.165) is 25.1 Å². The number of aromatic nitrogens is 1. The van der Waals surface area contributed by atoms with Crippen molar-refractivity contribution in [1.29, 1.82) is 5.26 Å². The molecule has 1 aliphatic rings. The van der Waals surface area contributed by atoms with Crippen molar-refractivity contribution in [2.45, 2.75) is 31.7 Å². The number of nitriles is 1. The molecule has 0 bridgehead atoms. The predicted molar refractivity (Wildman–Crippen MR) is 127 cm³/mol. The average molecular weight is 465 g/mol. The molecule has 0 radical (unpaired) electrons. The van der Waals surface area contributed by atoms with Crippen molar-refractivity contribution < 1.29 is 12.8 Å². The van der Waals surface area contributed by atoms with Gasteiger partial charge in [0.15, 0.2) is 0 Å². The Labute approximate surface area is 195 Å². The van der Waals surface area contributed by atoms with E-state index in [1.165, 1.54) is 4.31 Å². The third kappa shape index (κ3) is 4.95. The van der Waals surface area contributed by atoms with Gasteiger partial charge in [0, 0.05) is 32.2 Å². The molecule has 0 amide bonds. The standard InChI is InChI=1S/C25H28N4O3S/c1-18-13-19(2)16-29(15-18)25-23(14-26)27-24(32-25)21-9-11-22(12-10-21)33(30,31)28(3)17-20-7-5-4-6-8-20/h4-12,18-19H,13,15-17H2,1-3H3/t18-,19-/m0/s1. The summed E-state index contributed by atoms with van der Waals surface area (Å²) in [6, 6.07) is 18.0. The molecular formula is C25H28N4O3S. The van der Waals surface area contributed by atoms with Gasteiger partial charge in [-0.3, -0.25) is 0 Å². The maximum atomic E-state index is 13.0. The first kappa shape index (κ1) is 23.0. The molecule has 2 heterocycles. The highest BCUT2D eigenvalue weighted by atomic mass is 32.2. The summed E-state index contributed by atoms with van der Waals surface area (Å²) in [5.74, 6) is 1.82. The van der Waals surface area contributed by atoms with Crippen molar-refractivity contribution >= 4 is 15.9 Å². The molecule has 7 nitrogen and oxygen atoms in total. The van der Waals surface area contributed by atoms with Crippen molar-refractivity contribution in [3.05, 3.63) is 65.9 Å². The van der Waals surface area contributed by atoms with Gasteiger partial charge < -0.3 is 9.32 Å². The second-order valence-corrected chi connectivity index (χ2v) is 11.0. The molecular weight excluding hydrogens is 436 g/mol. The van der Waals surface area contributed by atoms with E-state index in [0.29, 0.717) is 29.2 Å². The largest absolute Gasteiger partial charge is 0.419 e. The monoisotopic (exact) mass is 464 g/mol. The van der Waals surface area contributed by atoms with Gasteiger partial charge in [0.25, 0.3) is 0 Å². The number of hydrogen-bond acceptors (Lipinski definition) is 6. The minimum atomic E-state index is -3.65. The molecule has 2 atom stereocenters. The first-order valence-electron chi connectivity index (χ1n) is 11.0. The molecule has 0 spiro atoms. The molecule has 1 aliphatic heterocycles. The fourth-order valence-corrected chi connectivity index (χ4v) is 5.59. The Kier molecular flexibility index (Phi) is 6.54. The summed E-state index contributed by atoms with van der Waals surface area (Å²) < 4.78 is 33.3. The summed E-state index contributed by atoms with van der Waals surface area (Å²) in [6.45, 7) is 6.31. The van der Waals surface area contributed by atoms with Crippen LogP contribution in [0.4, 0.5) is 5.88 Å². The summed E-state index contributed by atoms with van der Waals surface area (Å²) in [7, 11) is -2.09. The van der Waals surface area contributed by atoms with Crippen LogP contribution in [0.15, 0.2) is 63.9 Å². The smallest absolute Gasteiger partial charge is 0.243 e. The molecule has 33 heavy (non-hydrogen) atoms. The summed E-state index contributed by atoms with van der Waals surface area (Å²) in [5.41, 5.74) is 1.80. The third-order valence-corrected chi connectivity index (χ3v) is 7.75. The van der Waals surface area contributed by atoms with Gasteiger partial charge in [0.1, 0.15) is 6.07 Å². The minimum absolute atomic E-state index is 0.190. The number of nitrogens with zero attached hydrogens (tertiary/aromatic N) is 4. The predicted octanol–water partition coefficient (Wildman–Crippen LogP) is 4.52. The minimum Gasteiger partial charge on any atom is -0.419 e. The van der Waals surface area contributed by atoms with E-state index in [1.54, 1.807) is 31.3 Å². The van der Waals surface area contributed by atoms with Gasteiger partial charge in [-0.25, -0.2) is 8.42 Å². The molecule has 3 aromatic rings. The maximum Gasteiger partial charge on any atom is 0.243 e. The molecule has 8 heteroatoms. The first-order valence-corrected chi connectivity index (χ1v) is 12.5. The van der Waals surface area contributed by atoms with Crippen LogP contribution in [-0.2, 0) is 16.6 Å². The number of anilines is 1. The second kappa shape index (κ2) is 9.38. The normalized spacial score (nSPS) is 18.9. The Hall–Kier alpha value is -3.15. The van der Waals surface area contributed by atoms with Gasteiger partial charge >= 0.3 is 0 Å². The van der Waals surface area contributed by atoms with E-state index in [-0.39, 0.29) is 17.1 Å². The van der Waals surface area contributed by atoms with Crippen LogP contribution in [0.3, 0.4) is 0 Å².